The van der Waals surface area contributed by atoms with E-state index in [2.05, 4.69) is 27.9 Å². The van der Waals surface area contributed by atoms with Crippen LogP contribution in [0.2, 0.25) is 0 Å². The lowest BCUT2D eigenvalue weighted by Crippen LogP contribution is -2.54. The second-order valence-corrected chi connectivity index (χ2v) is 9.43. The van der Waals surface area contributed by atoms with Crippen molar-refractivity contribution in [3.8, 4) is 5.75 Å². The third-order valence-corrected chi connectivity index (χ3v) is 6.64. The molecule has 0 atom stereocenters. The van der Waals surface area contributed by atoms with Crippen LogP contribution >= 0.6 is 34.8 Å². The molecule has 36 heavy (non-hydrogen) atoms. The van der Waals surface area contributed by atoms with E-state index in [0.29, 0.717) is 17.0 Å². The fraction of sp³-hybridized carbons (Fsp3) is 0.115. The van der Waals surface area contributed by atoms with Crippen molar-refractivity contribution in [2.45, 2.75) is 20.0 Å². The Kier molecular flexibility index (Phi) is 7.75. The highest BCUT2D eigenvalue weighted by atomic mass is 127. The number of rotatable bonds is 7. The summed E-state index contributed by atoms with van der Waals surface area (Å²) < 4.78 is 6.62. The van der Waals surface area contributed by atoms with Gasteiger partial charge in [0.2, 0.25) is 0 Å². The van der Waals surface area contributed by atoms with Crippen LogP contribution in [0.25, 0.3) is 6.08 Å². The molecule has 8 nitrogen and oxygen atoms in total. The molecule has 0 saturated carbocycles. The maximum Gasteiger partial charge on any atom is 0.270 e. The molecule has 3 aromatic carbocycles. The zero-order chi connectivity index (χ0) is 25.8. The van der Waals surface area contributed by atoms with Crippen LogP contribution < -0.4 is 15.0 Å². The van der Waals surface area contributed by atoms with E-state index in [4.69, 9.17) is 17.0 Å². The number of nitro groups is 1. The molecule has 0 aliphatic carbocycles. The second-order valence-electron chi connectivity index (χ2n) is 7.88. The molecule has 10 heteroatoms. The van der Waals surface area contributed by atoms with Gasteiger partial charge in [-0.05, 0) is 100 Å². The van der Waals surface area contributed by atoms with E-state index in [1.807, 2.05) is 19.1 Å². The number of anilines is 1. The lowest BCUT2D eigenvalue weighted by molar-refractivity contribution is -0.384. The van der Waals surface area contributed by atoms with Gasteiger partial charge in [0.1, 0.15) is 17.9 Å². The summed E-state index contributed by atoms with van der Waals surface area (Å²) in [6.45, 7) is 2.28. The first-order valence-electron chi connectivity index (χ1n) is 10.9. The van der Waals surface area contributed by atoms with Gasteiger partial charge in [-0.2, -0.15) is 0 Å². The van der Waals surface area contributed by atoms with Crippen LogP contribution in [0.15, 0.2) is 72.3 Å². The number of nitrogens with zero attached hydrogens (tertiary/aromatic N) is 2. The summed E-state index contributed by atoms with van der Waals surface area (Å²) in [6.07, 6.45) is 2.39. The van der Waals surface area contributed by atoms with Crippen LogP contribution in [0, 0.1) is 13.7 Å². The Balaban J connectivity index is 1.52. The SMILES string of the molecule is CCc1ccc(N2C(=O)/C(=C/c3ccc(OCc4ccc([N+](=O)[O-])cc4)c(I)c3)C(=O)NC2=S)cc1. The molecule has 0 bridgehead atoms. The molecule has 182 valence electrons. The fourth-order valence-corrected chi connectivity index (χ4v) is 4.51. The molecule has 1 aliphatic heterocycles. The standard InChI is InChI=1S/C26H20IN3O5S/c1-2-16-3-8-19(9-4-16)29-25(32)21(24(31)28-26(29)36)13-18-7-12-23(22(27)14-18)35-15-17-5-10-20(11-6-17)30(33)34/h3-14H,2,15H2,1H3,(H,28,31,36)/b21-13+. The molecule has 0 radical (unpaired) electrons. The van der Waals surface area contributed by atoms with Crippen molar-refractivity contribution in [2.24, 2.45) is 0 Å². The van der Waals surface area contributed by atoms with Crippen molar-refractivity contribution in [3.63, 3.8) is 0 Å². The van der Waals surface area contributed by atoms with Crippen LogP contribution in [0.3, 0.4) is 0 Å². The van der Waals surface area contributed by atoms with Crippen LogP contribution in [0.1, 0.15) is 23.6 Å². The number of nitrogens with one attached hydrogen (secondary N) is 1. The minimum absolute atomic E-state index is 0.0179. The Bertz CT molecular complexity index is 1390. The summed E-state index contributed by atoms with van der Waals surface area (Å²) in [5.74, 6) is -0.448. The first-order chi connectivity index (χ1) is 17.3. The van der Waals surface area contributed by atoms with Crippen molar-refractivity contribution < 1.29 is 19.2 Å². The summed E-state index contributed by atoms with van der Waals surface area (Å²) in [7, 11) is 0. The van der Waals surface area contributed by atoms with Gasteiger partial charge in [-0.3, -0.25) is 29.9 Å². The normalized spacial score (nSPS) is 14.7. The molecule has 0 aromatic heterocycles. The van der Waals surface area contributed by atoms with Gasteiger partial charge in [-0.25, -0.2) is 0 Å². The molecule has 2 amide bonds. The predicted octanol–water partition coefficient (Wildman–Crippen LogP) is 5.17. The van der Waals surface area contributed by atoms with Crippen molar-refractivity contribution in [1.29, 1.82) is 0 Å². The van der Waals surface area contributed by atoms with Gasteiger partial charge >= 0.3 is 0 Å². The minimum Gasteiger partial charge on any atom is -0.488 e. The van der Waals surface area contributed by atoms with E-state index < -0.39 is 16.7 Å². The van der Waals surface area contributed by atoms with Crippen LogP contribution in [-0.2, 0) is 22.6 Å². The van der Waals surface area contributed by atoms with Crippen molar-refractivity contribution in [1.82, 2.24) is 5.32 Å². The fourth-order valence-electron chi connectivity index (χ4n) is 3.54. The maximum absolute atomic E-state index is 13.2. The average molecular weight is 613 g/mol. The third-order valence-electron chi connectivity index (χ3n) is 5.51. The Morgan fingerprint density at radius 1 is 1.06 bits per heavy atom. The Morgan fingerprint density at radius 3 is 2.33 bits per heavy atom. The zero-order valence-corrected chi connectivity index (χ0v) is 22.0. The summed E-state index contributed by atoms with van der Waals surface area (Å²) in [5, 5.41) is 13.4. The summed E-state index contributed by atoms with van der Waals surface area (Å²) in [5.41, 5.74) is 3.13. The molecule has 1 fully saturated rings. The Hall–Kier alpha value is -3.64. The van der Waals surface area contributed by atoms with Crippen LogP contribution in [-0.4, -0.2) is 21.9 Å². The summed E-state index contributed by atoms with van der Waals surface area (Å²) in [4.78, 5) is 37.5. The van der Waals surface area contributed by atoms with E-state index >= 15 is 0 Å². The molecule has 3 aromatic rings. The topological polar surface area (TPSA) is 102 Å². The van der Waals surface area contributed by atoms with Gasteiger partial charge in [0.25, 0.3) is 17.5 Å². The lowest BCUT2D eigenvalue weighted by atomic mass is 10.1. The van der Waals surface area contributed by atoms with E-state index in [1.165, 1.54) is 23.1 Å². The van der Waals surface area contributed by atoms with Crippen molar-refractivity contribution >= 4 is 69.2 Å². The summed E-state index contributed by atoms with van der Waals surface area (Å²) >= 11 is 7.37. The Labute approximate surface area is 226 Å². The molecular formula is C26H20IN3O5S. The second kappa shape index (κ2) is 11.0. The van der Waals surface area contributed by atoms with Gasteiger partial charge in [-0.1, -0.05) is 25.1 Å². The number of nitro benzene ring substituents is 1. The minimum atomic E-state index is -0.556. The number of carbonyl (C=O) groups excluding carboxylic acids is 2. The zero-order valence-electron chi connectivity index (χ0n) is 19.1. The van der Waals surface area contributed by atoms with E-state index in [0.717, 1.165) is 21.1 Å². The van der Waals surface area contributed by atoms with Gasteiger partial charge in [-0.15, -0.1) is 0 Å². The number of non-ortho nitro benzene ring substituents is 1. The molecule has 1 saturated heterocycles. The number of thiocarbonyl (C=S) groups is 1. The largest absolute Gasteiger partial charge is 0.488 e. The van der Waals surface area contributed by atoms with Gasteiger partial charge in [0.15, 0.2) is 5.11 Å². The number of carbonyl (C=O) groups is 2. The number of benzene rings is 3. The molecule has 1 aliphatic rings. The van der Waals surface area contributed by atoms with Gasteiger partial charge in [0.05, 0.1) is 14.2 Å². The van der Waals surface area contributed by atoms with E-state index in [-0.39, 0.29) is 23.0 Å². The van der Waals surface area contributed by atoms with Gasteiger partial charge < -0.3 is 4.74 Å². The number of amides is 2. The molecule has 0 spiro atoms. The smallest absolute Gasteiger partial charge is 0.270 e. The number of aryl methyl sites for hydroxylation is 1. The maximum atomic E-state index is 13.2. The van der Waals surface area contributed by atoms with Gasteiger partial charge in [0, 0.05) is 12.1 Å². The first kappa shape index (κ1) is 25.5. The summed E-state index contributed by atoms with van der Waals surface area (Å²) in [6, 6.07) is 18.9. The average Bonchev–Trinajstić information content (AvgIpc) is 2.86. The highest BCUT2D eigenvalue weighted by molar-refractivity contribution is 14.1. The Morgan fingerprint density at radius 2 is 1.72 bits per heavy atom. The van der Waals surface area contributed by atoms with E-state index in [9.17, 15) is 19.7 Å². The third kappa shape index (κ3) is 5.60. The molecule has 1 N–H and O–H groups in total. The molecule has 1 heterocycles. The lowest BCUT2D eigenvalue weighted by Gasteiger charge is -2.29. The van der Waals surface area contributed by atoms with Crippen LogP contribution in [0.4, 0.5) is 11.4 Å². The van der Waals surface area contributed by atoms with E-state index in [1.54, 1.807) is 42.5 Å². The quantitative estimate of drug-likeness (QED) is 0.0986. The molecule has 0 unspecified atom stereocenters. The highest BCUT2D eigenvalue weighted by Gasteiger charge is 2.34. The van der Waals surface area contributed by atoms with Crippen molar-refractivity contribution in [2.75, 3.05) is 4.90 Å². The number of ether oxygens (including phenoxy) is 1. The number of hydrogen-bond acceptors (Lipinski definition) is 6. The number of hydrogen-bond donors (Lipinski definition) is 1. The number of halogens is 1. The van der Waals surface area contributed by atoms with Crippen molar-refractivity contribution in [3.05, 3.63) is 103 Å². The first-order valence-corrected chi connectivity index (χ1v) is 12.4. The predicted molar refractivity (Wildman–Crippen MR) is 149 cm³/mol. The molecule has 4 rings (SSSR count). The monoisotopic (exact) mass is 613 g/mol. The molecular weight excluding hydrogens is 593 g/mol. The van der Waals surface area contributed by atoms with Crippen LogP contribution in [0.5, 0.6) is 5.75 Å². The highest BCUT2D eigenvalue weighted by Crippen LogP contribution is 2.27.